The molecule has 0 aliphatic carbocycles. The van der Waals surface area contributed by atoms with Gasteiger partial charge in [-0.05, 0) is 48.7 Å². The van der Waals surface area contributed by atoms with Gasteiger partial charge in [0, 0.05) is 30.9 Å². The van der Waals surface area contributed by atoms with Crippen LogP contribution in [0.1, 0.15) is 18.4 Å². The molecule has 1 aliphatic rings. The molecule has 5 rings (SSSR count). The van der Waals surface area contributed by atoms with Gasteiger partial charge < -0.3 is 10.2 Å². The Morgan fingerprint density at radius 2 is 1.82 bits per heavy atom. The Hall–Kier alpha value is -4.07. The average molecular weight is 458 g/mol. The zero-order chi connectivity index (χ0) is 23.5. The molecule has 1 fully saturated rings. The van der Waals surface area contributed by atoms with E-state index in [1.807, 2.05) is 41.3 Å². The molecule has 7 nitrogen and oxygen atoms in total. The van der Waals surface area contributed by atoms with Crippen molar-refractivity contribution in [1.82, 2.24) is 14.5 Å². The van der Waals surface area contributed by atoms with Gasteiger partial charge >= 0.3 is 0 Å². The summed E-state index contributed by atoms with van der Waals surface area (Å²) >= 11 is 0. The van der Waals surface area contributed by atoms with Gasteiger partial charge in [-0.25, -0.2) is 14.4 Å². The Kier molecular flexibility index (Phi) is 6.03. The molecular formula is C26H24FN5O2. The van der Waals surface area contributed by atoms with Crippen LogP contribution in [-0.2, 0) is 11.3 Å². The molecule has 0 bridgehead atoms. The Morgan fingerprint density at radius 3 is 2.59 bits per heavy atom. The second kappa shape index (κ2) is 9.43. The number of rotatable bonds is 5. The number of nitrogens with zero attached hydrogens (tertiary/aromatic N) is 4. The van der Waals surface area contributed by atoms with E-state index in [1.54, 1.807) is 29.0 Å². The number of hydrogen-bond donors (Lipinski definition) is 1. The minimum atomic E-state index is -0.392. The van der Waals surface area contributed by atoms with Crippen LogP contribution < -0.4 is 15.8 Å². The van der Waals surface area contributed by atoms with E-state index < -0.39 is 5.82 Å². The lowest BCUT2D eigenvalue weighted by molar-refractivity contribution is -0.120. The monoisotopic (exact) mass is 457 g/mol. The molecule has 34 heavy (non-hydrogen) atoms. The summed E-state index contributed by atoms with van der Waals surface area (Å²) in [7, 11) is 0. The number of pyridine rings is 1. The van der Waals surface area contributed by atoms with E-state index in [4.69, 9.17) is 0 Å². The van der Waals surface area contributed by atoms with Crippen LogP contribution >= 0.6 is 0 Å². The zero-order valence-corrected chi connectivity index (χ0v) is 18.5. The first kappa shape index (κ1) is 21.8. The molecular weight excluding hydrogens is 433 g/mol. The lowest BCUT2D eigenvalue weighted by atomic mass is 9.96. The van der Waals surface area contributed by atoms with Crippen LogP contribution in [-0.4, -0.2) is 33.5 Å². The first-order valence-corrected chi connectivity index (χ1v) is 11.3. The highest BCUT2D eigenvalue weighted by Gasteiger charge is 2.28. The fourth-order valence-electron chi connectivity index (χ4n) is 4.35. The molecule has 1 amide bonds. The number of carbonyl (C=O) groups excluding carboxylic acids is 1. The third-order valence-electron chi connectivity index (χ3n) is 6.13. The summed E-state index contributed by atoms with van der Waals surface area (Å²) in [5.41, 5.74) is 2.45. The van der Waals surface area contributed by atoms with Gasteiger partial charge in [0.2, 0.25) is 5.91 Å². The van der Waals surface area contributed by atoms with Crippen LogP contribution in [0.15, 0.2) is 77.7 Å². The number of halogens is 1. The molecule has 1 saturated heterocycles. The number of carbonyl (C=O) groups is 1. The van der Waals surface area contributed by atoms with E-state index >= 15 is 0 Å². The largest absolute Gasteiger partial charge is 0.352 e. The molecule has 1 aliphatic heterocycles. The van der Waals surface area contributed by atoms with Gasteiger partial charge in [0.15, 0.2) is 11.5 Å². The van der Waals surface area contributed by atoms with Gasteiger partial charge in [-0.15, -0.1) is 0 Å². The maximum Gasteiger partial charge on any atom is 0.295 e. The molecule has 172 valence electrons. The standard InChI is InChI=1S/C26H24FN5O2/c27-20-8-4-9-21(16-20)29-25(33)19-11-14-31(15-12-19)24-26(34)32(17-18-6-2-1-3-7-18)23-22(30-24)10-5-13-28-23/h1-10,13,16,19H,11-12,14-15,17H2,(H,29,33). The maximum atomic E-state index is 13.5. The maximum absolute atomic E-state index is 13.5. The summed E-state index contributed by atoms with van der Waals surface area (Å²) in [6.45, 7) is 1.45. The van der Waals surface area contributed by atoms with Crippen molar-refractivity contribution >= 4 is 28.6 Å². The molecule has 4 aromatic rings. The fourth-order valence-corrected chi connectivity index (χ4v) is 4.35. The highest BCUT2D eigenvalue weighted by atomic mass is 19.1. The SMILES string of the molecule is O=C(Nc1cccc(F)c1)C1CCN(c2nc3cccnc3n(Cc3ccccc3)c2=O)CC1. The molecule has 2 aromatic heterocycles. The quantitative estimate of drug-likeness (QED) is 0.493. The van der Waals surface area contributed by atoms with Crippen LogP contribution in [0.25, 0.3) is 11.2 Å². The number of anilines is 2. The molecule has 0 atom stereocenters. The summed E-state index contributed by atoms with van der Waals surface area (Å²) in [5, 5.41) is 2.79. The average Bonchev–Trinajstić information content (AvgIpc) is 2.86. The number of aromatic nitrogens is 3. The van der Waals surface area contributed by atoms with Crippen molar-refractivity contribution in [3.05, 3.63) is 94.7 Å². The molecule has 0 unspecified atom stereocenters. The highest BCUT2D eigenvalue weighted by Crippen LogP contribution is 2.23. The Balaban J connectivity index is 1.36. The second-order valence-electron chi connectivity index (χ2n) is 8.42. The molecule has 0 spiro atoms. The van der Waals surface area contributed by atoms with Crippen molar-refractivity contribution in [2.24, 2.45) is 5.92 Å². The lowest BCUT2D eigenvalue weighted by Gasteiger charge is -2.32. The van der Waals surface area contributed by atoms with Crippen LogP contribution in [0.3, 0.4) is 0 Å². The van der Waals surface area contributed by atoms with Gasteiger partial charge in [-0.3, -0.25) is 14.2 Å². The van der Waals surface area contributed by atoms with Crippen molar-refractivity contribution in [3.63, 3.8) is 0 Å². The minimum Gasteiger partial charge on any atom is -0.352 e. The smallest absolute Gasteiger partial charge is 0.295 e. The minimum absolute atomic E-state index is 0.137. The normalized spacial score (nSPS) is 14.3. The molecule has 0 radical (unpaired) electrons. The van der Waals surface area contributed by atoms with E-state index in [0.29, 0.717) is 55.1 Å². The fraction of sp³-hybridized carbons (Fsp3) is 0.231. The summed E-state index contributed by atoms with van der Waals surface area (Å²) < 4.78 is 15.1. The molecule has 8 heteroatoms. The Bertz CT molecular complexity index is 1380. The molecule has 1 N–H and O–H groups in total. The first-order valence-electron chi connectivity index (χ1n) is 11.3. The molecule has 3 heterocycles. The van der Waals surface area contributed by atoms with Gasteiger partial charge in [0.05, 0.1) is 6.54 Å². The molecule has 2 aromatic carbocycles. The first-order chi connectivity index (χ1) is 16.6. The number of amides is 1. The number of piperidine rings is 1. The van der Waals surface area contributed by atoms with Gasteiger partial charge in [0.1, 0.15) is 11.3 Å². The Morgan fingerprint density at radius 1 is 1.03 bits per heavy atom. The van der Waals surface area contributed by atoms with E-state index in [2.05, 4.69) is 15.3 Å². The number of benzene rings is 2. The predicted molar refractivity (Wildman–Crippen MR) is 129 cm³/mol. The summed E-state index contributed by atoms with van der Waals surface area (Å²) in [6.07, 6.45) is 2.81. The van der Waals surface area contributed by atoms with Crippen LogP contribution in [0.5, 0.6) is 0 Å². The van der Waals surface area contributed by atoms with E-state index in [9.17, 15) is 14.0 Å². The van der Waals surface area contributed by atoms with Crippen molar-refractivity contribution < 1.29 is 9.18 Å². The summed E-state index contributed by atoms with van der Waals surface area (Å²) in [5.74, 6) is -0.368. The predicted octanol–water partition coefficient (Wildman–Crippen LogP) is 3.83. The van der Waals surface area contributed by atoms with Crippen LogP contribution in [0.2, 0.25) is 0 Å². The van der Waals surface area contributed by atoms with E-state index in [-0.39, 0.29) is 17.4 Å². The number of fused-ring (bicyclic) bond motifs is 1. The zero-order valence-electron chi connectivity index (χ0n) is 18.5. The third kappa shape index (κ3) is 4.52. The highest BCUT2D eigenvalue weighted by molar-refractivity contribution is 5.92. The summed E-state index contributed by atoms with van der Waals surface area (Å²) in [4.78, 5) is 37.1. The van der Waals surface area contributed by atoms with Crippen LogP contribution in [0, 0.1) is 11.7 Å². The van der Waals surface area contributed by atoms with Gasteiger partial charge in [-0.1, -0.05) is 36.4 Å². The Labute approximate surface area is 195 Å². The van der Waals surface area contributed by atoms with Gasteiger partial charge in [-0.2, -0.15) is 0 Å². The topological polar surface area (TPSA) is 80.1 Å². The number of nitrogens with one attached hydrogen (secondary N) is 1. The van der Waals surface area contributed by atoms with Crippen molar-refractivity contribution in [2.75, 3.05) is 23.3 Å². The second-order valence-corrected chi connectivity index (χ2v) is 8.42. The van der Waals surface area contributed by atoms with E-state index in [0.717, 1.165) is 5.56 Å². The third-order valence-corrected chi connectivity index (χ3v) is 6.13. The van der Waals surface area contributed by atoms with Crippen LogP contribution in [0.4, 0.5) is 15.9 Å². The lowest BCUT2D eigenvalue weighted by Crippen LogP contribution is -2.42. The summed E-state index contributed by atoms with van der Waals surface area (Å²) in [6, 6.07) is 19.3. The van der Waals surface area contributed by atoms with E-state index in [1.165, 1.54) is 12.1 Å². The van der Waals surface area contributed by atoms with Gasteiger partial charge in [0.25, 0.3) is 5.56 Å². The number of hydrogen-bond acceptors (Lipinski definition) is 5. The van der Waals surface area contributed by atoms with Crippen molar-refractivity contribution in [2.45, 2.75) is 19.4 Å². The molecule has 0 saturated carbocycles. The van der Waals surface area contributed by atoms with Crippen molar-refractivity contribution in [1.29, 1.82) is 0 Å². The van der Waals surface area contributed by atoms with Crippen molar-refractivity contribution in [3.8, 4) is 0 Å².